The first-order valence-electron chi connectivity index (χ1n) is 5.49. The average molecular weight is 269 g/mol. The molecule has 17 heavy (non-hydrogen) atoms. The van der Waals surface area contributed by atoms with Gasteiger partial charge in [0.2, 0.25) is 0 Å². The monoisotopic (exact) mass is 269 g/mol. The molecule has 0 fully saturated rings. The molecule has 0 saturated carbocycles. The van der Waals surface area contributed by atoms with Gasteiger partial charge in [-0.15, -0.1) is 16.4 Å². The van der Waals surface area contributed by atoms with Crippen LogP contribution in [-0.2, 0) is 6.42 Å². The minimum absolute atomic E-state index is 0.288. The minimum Gasteiger partial charge on any atom is -0.387 e. The van der Waals surface area contributed by atoms with Gasteiger partial charge in [-0.25, -0.2) is 4.98 Å². The predicted molar refractivity (Wildman–Crippen MR) is 69.5 cm³/mol. The van der Waals surface area contributed by atoms with Crippen molar-refractivity contribution in [1.29, 1.82) is 0 Å². The van der Waals surface area contributed by atoms with Crippen molar-refractivity contribution in [1.82, 2.24) is 14.6 Å². The third-order valence-corrected chi connectivity index (χ3v) is 4.12. The smallest absolute Gasteiger partial charge is 0.0972 e. The quantitative estimate of drug-likeness (QED) is 0.927. The van der Waals surface area contributed by atoms with Crippen molar-refractivity contribution < 1.29 is 5.11 Å². The van der Waals surface area contributed by atoms with Crippen LogP contribution in [0.2, 0.25) is 0 Å². The fourth-order valence-corrected chi connectivity index (χ4v) is 3.05. The van der Waals surface area contributed by atoms with Crippen molar-refractivity contribution in [3.8, 4) is 0 Å². The average Bonchev–Trinajstić information content (AvgIpc) is 2.86. The summed E-state index contributed by atoms with van der Waals surface area (Å²) in [6, 6.07) is 0. The Morgan fingerprint density at radius 1 is 1.41 bits per heavy atom. The van der Waals surface area contributed by atoms with E-state index < -0.39 is 6.10 Å². The van der Waals surface area contributed by atoms with E-state index in [4.69, 9.17) is 0 Å². The Morgan fingerprint density at radius 3 is 2.76 bits per heavy atom. The molecule has 2 rings (SSSR count). The Labute approximate surface area is 109 Å². The third kappa shape index (κ3) is 2.88. The highest BCUT2D eigenvalue weighted by molar-refractivity contribution is 7.09. The van der Waals surface area contributed by atoms with Gasteiger partial charge in [-0.3, -0.25) is 0 Å². The Kier molecular flexibility index (Phi) is 3.86. The van der Waals surface area contributed by atoms with E-state index in [9.17, 15) is 5.11 Å². The maximum atomic E-state index is 10.2. The van der Waals surface area contributed by atoms with Crippen molar-refractivity contribution in [2.75, 3.05) is 0 Å². The summed E-state index contributed by atoms with van der Waals surface area (Å²) in [5, 5.41) is 17.3. The van der Waals surface area contributed by atoms with Crippen LogP contribution < -0.4 is 0 Å². The zero-order chi connectivity index (χ0) is 12.4. The second kappa shape index (κ2) is 5.20. The molecule has 1 unspecified atom stereocenters. The molecule has 4 nitrogen and oxygen atoms in total. The summed E-state index contributed by atoms with van der Waals surface area (Å²) in [5.74, 6) is 0.288. The van der Waals surface area contributed by atoms with Gasteiger partial charge in [0.25, 0.3) is 0 Å². The number of aliphatic hydroxyl groups is 1. The highest BCUT2D eigenvalue weighted by atomic mass is 32.1. The van der Waals surface area contributed by atoms with Crippen LogP contribution in [0.5, 0.6) is 0 Å². The molecule has 1 atom stereocenters. The predicted octanol–water partition coefficient (Wildman–Crippen LogP) is 2.70. The minimum atomic E-state index is -0.547. The molecule has 0 amide bonds. The van der Waals surface area contributed by atoms with E-state index in [0.29, 0.717) is 6.42 Å². The lowest BCUT2D eigenvalue weighted by Gasteiger charge is -2.09. The fourth-order valence-electron chi connectivity index (χ4n) is 1.63. The maximum absolute atomic E-state index is 10.2. The van der Waals surface area contributed by atoms with Crippen LogP contribution >= 0.6 is 22.9 Å². The zero-order valence-corrected chi connectivity index (χ0v) is 11.7. The normalized spacial score (nSPS) is 13.2. The number of aryl methyl sites for hydroxylation is 1. The van der Waals surface area contributed by atoms with Crippen molar-refractivity contribution in [3.05, 3.63) is 26.7 Å². The molecule has 0 saturated heterocycles. The van der Waals surface area contributed by atoms with Gasteiger partial charge in [0.1, 0.15) is 0 Å². The number of aromatic nitrogens is 3. The van der Waals surface area contributed by atoms with Gasteiger partial charge in [0.05, 0.1) is 27.4 Å². The molecular weight excluding hydrogens is 254 g/mol. The first-order chi connectivity index (χ1) is 8.08. The highest BCUT2D eigenvalue weighted by Crippen LogP contribution is 2.28. The Balaban J connectivity index is 2.14. The maximum Gasteiger partial charge on any atom is 0.0972 e. The van der Waals surface area contributed by atoms with Crippen molar-refractivity contribution in [2.24, 2.45) is 0 Å². The van der Waals surface area contributed by atoms with E-state index in [1.165, 1.54) is 11.5 Å². The van der Waals surface area contributed by atoms with E-state index in [1.54, 1.807) is 11.3 Å². The molecule has 0 radical (unpaired) electrons. The lowest BCUT2D eigenvalue weighted by atomic mass is 10.1. The largest absolute Gasteiger partial charge is 0.387 e. The van der Waals surface area contributed by atoms with Crippen LogP contribution in [0.4, 0.5) is 0 Å². The van der Waals surface area contributed by atoms with Crippen molar-refractivity contribution >= 4 is 22.9 Å². The second-order valence-corrected chi connectivity index (χ2v) is 6.10. The Morgan fingerprint density at radius 2 is 2.18 bits per heavy atom. The van der Waals surface area contributed by atoms with Crippen LogP contribution in [0.1, 0.15) is 47.1 Å². The molecule has 2 aromatic rings. The molecule has 6 heteroatoms. The SMILES string of the molecule is Cc1nc(CC(O)c2snnc2C(C)C)cs1. The molecule has 92 valence electrons. The van der Waals surface area contributed by atoms with Gasteiger partial charge in [-0.05, 0) is 24.4 Å². The molecular formula is C11H15N3OS2. The Hall–Kier alpha value is -0.850. The van der Waals surface area contributed by atoms with Crippen molar-refractivity contribution in [2.45, 2.75) is 39.2 Å². The fraction of sp³-hybridized carbons (Fsp3) is 0.545. The summed E-state index contributed by atoms with van der Waals surface area (Å²) in [6.45, 7) is 6.08. The highest BCUT2D eigenvalue weighted by Gasteiger charge is 2.20. The third-order valence-electron chi connectivity index (χ3n) is 2.46. The van der Waals surface area contributed by atoms with Gasteiger partial charge in [0.15, 0.2) is 0 Å². The topological polar surface area (TPSA) is 58.9 Å². The molecule has 2 aromatic heterocycles. The van der Waals surface area contributed by atoms with E-state index in [1.807, 2.05) is 12.3 Å². The van der Waals surface area contributed by atoms with Crippen LogP contribution in [0.3, 0.4) is 0 Å². The van der Waals surface area contributed by atoms with Gasteiger partial charge in [-0.1, -0.05) is 18.3 Å². The molecule has 0 aliphatic carbocycles. The van der Waals surface area contributed by atoms with Crippen LogP contribution in [0.25, 0.3) is 0 Å². The summed E-state index contributed by atoms with van der Waals surface area (Å²) < 4.78 is 3.93. The Bertz CT molecular complexity index is 492. The first-order valence-corrected chi connectivity index (χ1v) is 7.14. The van der Waals surface area contributed by atoms with Gasteiger partial charge < -0.3 is 5.11 Å². The van der Waals surface area contributed by atoms with Gasteiger partial charge in [-0.2, -0.15) is 0 Å². The molecule has 0 bridgehead atoms. The molecule has 2 heterocycles. The second-order valence-electron chi connectivity index (χ2n) is 4.25. The number of nitrogens with zero attached hydrogens (tertiary/aromatic N) is 3. The molecule has 0 aliphatic heterocycles. The number of aliphatic hydroxyl groups excluding tert-OH is 1. The van der Waals surface area contributed by atoms with E-state index in [-0.39, 0.29) is 5.92 Å². The first kappa shape index (κ1) is 12.6. The molecule has 0 aromatic carbocycles. The standard InChI is InChI=1S/C11H15N3OS2/c1-6(2)10-11(17-14-13-10)9(15)4-8-5-16-7(3)12-8/h5-6,9,15H,4H2,1-3H3. The summed E-state index contributed by atoms with van der Waals surface area (Å²) in [5.41, 5.74) is 1.83. The van der Waals surface area contributed by atoms with Crippen LogP contribution in [-0.4, -0.2) is 19.7 Å². The molecule has 0 aliphatic rings. The van der Waals surface area contributed by atoms with E-state index in [2.05, 4.69) is 28.4 Å². The van der Waals surface area contributed by atoms with Gasteiger partial charge >= 0.3 is 0 Å². The van der Waals surface area contributed by atoms with E-state index >= 15 is 0 Å². The lowest BCUT2D eigenvalue weighted by molar-refractivity contribution is 0.179. The summed E-state index contributed by atoms with van der Waals surface area (Å²) >= 11 is 2.88. The summed E-state index contributed by atoms with van der Waals surface area (Å²) in [7, 11) is 0. The number of rotatable bonds is 4. The number of hydrogen-bond donors (Lipinski definition) is 1. The number of thiazole rings is 1. The summed E-state index contributed by atoms with van der Waals surface area (Å²) in [4.78, 5) is 5.22. The van der Waals surface area contributed by atoms with Crippen molar-refractivity contribution in [3.63, 3.8) is 0 Å². The lowest BCUT2D eigenvalue weighted by Crippen LogP contribution is -2.04. The zero-order valence-electron chi connectivity index (χ0n) is 10.0. The summed E-state index contributed by atoms with van der Waals surface area (Å²) in [6.07, 6.45) is -0.0117. The number of hydrogen-bond acceptors (Lipinski definition) is 6. The van der Waals surface area contributed by atoms with E-state index in [0.717, 1.165) is 21.3 Å². The van der Waals surface area contributed by atoms with Gasteiger partial charge in [0, 0.05) is 11.8 Å². The van der Waals surface area contributed by atoms with Crippen LogP contribution in [0.15, 0.2) is 5.38 Å². The van der Waals surface area contributed by atoms with Crippen LogP contribution in [0, 0.1) is 6.92 Å². The molecule has 0 spiro atoms. The molecule has 1 N–H and O–H groups in total.